The molecule has 2 aromatic carbocycles. The van der Waals surface area contributed by atoms with Crippen LogP contribution >= 0.6 is 0 Å². The lowest BCUT2D eigenvalue weighted by molar-refractivity contribution is -0.111. The summed E-state index contributed by atoms with van der Waals surface area (Å²) in [7, 11) is 0. The first-order valence-corrected chi connectivity index (χ1v) is 8.68. The van der Waals surface area contributed by atoms with Crippen LogP contribution in [0.5, 0.6) is 0 Å². The lowest BCUT2D eigenvalue weighted by Crippen LogP contribution is -2.08. The van der Waals surface area contributed by atoms with Crippen molar-refractivity contribution in [3.63, 3.8) is 0 Å². The van der Waals surface area contributed by atoms with E-state index in [0.717, 1.165) is 5.56 Å². The molecule has 0 aliphatic heterocycles. The number of carbonyl (C=O) groups is 1. The molecule has 6 nitrogen and oxygen atoms in total. The molecule has 4 rings (SSSR count). The Balaban J connectivity index is 1.55. The molecule has 4 aromatic rings. The third kappa shape index (κ3) is 4.02. The normalized spacial score (nSPS) is 10.9. The van der Waals surface area contributed by atoms with Crippen molar-refractivity contribution in [2.75, 3.05) is 5.32 Å². The number of aromatic nitrogens is 3. The second kappa shape index (κ2) is 8.09. The van der Waals surface area contributed by atoms with Gasteiger partial charge in [-0.15, -0.1) is 0 Å². The summed E-state index contributed by atoms with van der Waals surface area (Å²) in [6, 6.07) is 22.4. The van der Waals surface area contributed by atoms with E-state index in [0.29, 0.717) is 28.7 Å². The highest BCUT2D eigenvalue weighted by molar-refractivity contribution is 6.03. The topological polar surface area (TPSA) is 80.9 Å². The fourth-order valence-electron chi connectivity index (χ4n) is 2.62. The Morgan fingerprint density at radius 1 is 0.929 bits per heavy atom. The van der Waals surface area contributed by atoms with Crippen LogP contribution in [0.15, 0.2) is 89.6 Å². The third-order valence-electron chi connectivity index (χ3n) is 3.96. The summed E-state index contributed by atoms with van der Waals surface area (Å²) >= 11 is 0. The van der Waals surface area contributed by atoms with Crippen LogP contribution in [0.4, 0.5) is 5.69 Å². The van der Waals surface area contributed by atoms with Crippen molar-refractivity contribution in [3.8, 4) is 23.0 Å². The number of carbonyl (C=O) groups excluding carboxylic acids is 1. The van der Waals surface area contributed by atoms with Crippen LogP contribution in [0, 0.1) is 0 Å². The van der Waals surface area contributed by atoms with Gasteiger partial charge in [0.15, 0.2) is 0 Å². The number of hydrogen-bond donors (Lipinski definition) is 1. The Labute approximate surface area is 161 Å². The molecule has 0 saturated heterocycles. The summed E-state index contributed by atoms with van der Waals surface area (Å²) in [5.74, 6) is 0.449. The predicted octanol–water partition coefficient (Wildman–Crippen LogP) is 4.45. The van der Waals surface area contributed by atoms with E-state index in [-0.39, 0.29) is 5.91 Å². The Hall–Kier alpha value is -4.06. The number of amides is 1. The lowest BCUT2D eigenvalue weighted by atomic mass is 10.1. The highest BCUT2D eigenvalue weighted by Gasteiger charge is 2.15. The van der Waals surface area contributed by atoms with Crippen LogP contribution in [0.2, 0.25) is 0 Å². The van der Waals surface area contributed by atoms with E-state index >= 15 is 0 Å². The van der Waals surface area contributed by atoms with Gasteiger partial charge in [0.1, 0.15) is 5.69 Å². The fourth-order valence-corrected chi connectivity index (χ4v) is 2.62. The number of benzene rings is 2. The number of nitrogens with one attached hydrogen (secondary N) is 1. The molecule has 2 aromatic heterocycles. The summed E-state index contributed by atoms with van der Waals surface area (Å²) in [4.78, 5) is 20.9. The molecule has 1 N–H and O–H groups in total. The predicted molar refractivity (Wildman–Crippen MR) is 107 cm³/mol. The van der Waals surface area contributed by atoms with Crippen molar-refractivity contribution in [2.45, 2.75) is 0 Å². The van der Waals surface area contributed by atoms with Crippen molar-refractivity contribution in [3.05, 3.63) is 90.6 Å². The zero-order valence-corrected chi connectivity index (χ0v) is 14.8. The number of pyridine rings is 1. The monoisotopic (exact) mass is 368 g/mol. The quantitative estimate of drug-likeness (QED) is 0.526. The van der Waals surface area contributed by atoms with Crippen molar-refractivity contribution in [1.29, 1.82) is 0 Å². The summed E-state index contributed by atoms with van der Waals surface area (Å²) < 4.78 is 5.39. The first-order valence-electron chi connectivity index (χ1n) is 8.68. The maximum Gasteiger partial charge on any atom is 0.260 e. The third-order valence-corrected chi connectivity index (χ3v) is 3.96. The molecule has 0 spiro atoms. The molecular weight excluding hydrogens is 352 g/mol. The second-order valence-electron chi connectivity index (χ2n) is 5.92. The van der Waals surface area contributed by atoms with E-state index in [1.807, 2.05) is 60.7 Å². The molecule has 2 heterocycles. The van der Waals surface area contributed by atoms with Gasteiger partial charge in [-0.2, -0.15) is 4.98 Å². The molecule has 0 atom stereocenters. The smallest absolute Gasteiger partial charge is 0.260 e. The van der Waals surface area contributed by atoms with Crippen molar-refractivity contribution >= 4 is 17.7 Å². The molecule has 0 radical (unpaired) electrons. The van der Waals surface area contributed by atoms with Gasteiger partial charge in [0.2, 0.25) is 11.7 Å². The minimum absolute atomic E-state index is 0.249. The van der Waals surface area contributed by atoms with Gasteiger partial charge in [-0.3, -0.25) is 9.78 Å². The second-order valence-corrected chi connectivity index (χ2v) is 5.92. The van der Waals surface area contributed by atoms with Crippen LogP contribution in [0.1, 0.15) is 5.56 Å². The summed E-state index contributed by atoms with van der Waals surface area (Å²) in [6.07, 6.45) is 4.90. The van der Waals surface area contributed by atoms with E-state index in [2.05, 4.69) is 20.4 Å². The first kappa shape index (κ1) is 17.4. The molecule has 28 heavy (non-hydrogen) atoms. The number of hydrogen-bond acceptors (Lipinski definition) is 5. The van der Waals surface area contributed by atoms with E-state index in [1.54, 1.807) is 24.4 Å². The standard InChI is InChI=1S/C22H16N4O2/c27-20(14-13-16-8-2-1-3-9-16)24-18-11-5-4-10-17(18)22-25-21(26-28-22)19-12-6-7-15-23-19/h1-15H,(H,24,27). The lowest BCUT2D eigenvalue weighted by Gasteiger charge is -2.06. The van der Waals surface area contributed by atoms with Crippen LogP contribution in [0.25, 0.3) is 29.0 Å². The minimum atomic E-state index is -0.249. The SMILES string of the molecule is O=C(C=Cc1ccccc1)Nc1ccccc1-c1nc(-c2ccccn2)no1. The summed E-state index contributed by atoms with van der Waals surface area (Å²) in [5, 5.41) is 6.84. The molecule has 0 bridgehead atoms. The molecule has 0 aliphatic carbocycles. The van der Waals surface area contributed by atoms with Crippen LogP contribution in [-0.4, -0.2) is 21.0 Å². The molecule has 0 unspecified atom stereocenters. The van der Waals surface area contributed by atoms with Crippen LogP contribution in [-0.2, 0) is 4.79 Å². The number of anilines is 1. The zero-order chi connectivity index (χ0) is 19.2. The Bertz CT molecular complexity index is 1110. The van der Waals surface area contributed by atoms with Crippen molar-refractivity contribution in [2.24, 2.45) is 0 Å². The maximum absolute atomic E-state index is 12.3. The fraction of sp³-hybridized carbons (Fsp3) is 0. The van der Waals surface area contributed by atoms with Crippen molar-refractivity contribution < 1.29 is 9.32 Å². The molecule has 136 valence electrons. The van der Waals surface area contributed by atoms with Gasteiger partial charge in [-0.05, 0) is 35.9 Å². The van der Waals surface area contributed by atoms with Gasteiger partial charge < -0.3 is 9.84 Å². The van der Waals surface area contributed by atoms with Gasteiger partial charge in [0, 0.05) is 12.3 Å². The number of nitrogens with zero attached hydrogens (tertiary/aromatic N) is 3. The maximum atomic E-state index is 12.3. The van der Waals surface area contributed by atoms with Gasteiger partial charge >= 0.3 is 0 Å². The van der Waals surface area contributed by atoms with E-state index in [4.69, 9.17) is 4.52 Å². The molecule has 6 heteroatoms. The number of para-hydroxylation sites is 1. The summed E-state index contributed by atoms with van der Waals surface area (Å²) in [5.41, 5.74) is 2.78. The Morgan fingerprint density at radius 2 is 1.71 bits per heavy atom. The summed E-state index contributed by atoms with van der Waals surface area (Å²) in [6.45, 7) is 0. The van der Waals surface area contributed by atoms with E-state index < -0.39 is 0 Å². The molecule has 0 saturated carbocycles. The van der Waals surface area contributed by atoms with Gasteiger partial charge in [-0.1, -0.05) is 53.7 Å². The molecule has 1 amide bonds. The van der Waals surface area contributed by atoms with E-state index in [9.17, 15) is 4.79 Å². The molecule has 0 aliphatic rings. The largest absolute Gasteiger partial charge is 0.333 e. The molecular formula is C22H16N4O2. The minimum Gasteiger partial charge on any atom is -0.333 e. The zero-order valence-electron chi connectivity index (χ0n) is 14.8. The van der Waals surface area contributed by atoms with E-state index in [1.165, 1.54) is 6.08 Å². The average Bonchev–Trinajstić information content (AvgIpc) is 3.24. The van der Waals surface area contributed by atoms with Gasteiger partial charge in [0.25, 0.3) is 5.89 Å². The van der Waals surface area contributed by atoms with Gasteiger partial charge in [0.05, 0.1) is 11.3 Å². The highest BCUT2D eigenvalue weighted by atomic mass is 16.5. The Kier molecular flexibility index (Phi) is 5.02. The Morgan fingerprint density at radius 3 is 2.54 bits per heavy atom. The highest BCUT2D eigenvalue weighted by Crippen LogP contribution is 2.28. The van der Waals surface area contributed by atoms with Crippen molar-refractivity contribution in [1.82, 2.24) is 15.1 Å². The van der Waals surface area contributed by atoms with Crippen LogP contribution < -0.4 is 5.32 Å². The average molecular weight is 368 g/mol. The molecule has 0 fully saturated rings. The number of rotatable bonds is 5. The van der Waals surface area contributed by atoms with Gasteiger partial charge in [-0.25, -0.2) is 0 Å². The van der Waals surface area contributed by atoms with Crippen LogP contribution in [0.3, 0.4) is 0 Å². The first-order chi connectivity index (χ1) is 13.8.